The molecule has 0 aliphatic carbocycles. The predicted molar refractivity (Wildman–Crippen MR) is 77.4 cm³/mol. The number of hydrogen-bond donors (Lipinski definition) is 0. The molecule has 0 aromatic heterocycles. The van der Waals surface area contributed by atoms with E-state index < -0.39 is 10.0 Å². The van der Waals surface area contributed by atoms with E-state index in [0.29, 0.717) is 4.90 Å². The van der Waals surface area contributed by atoms with E-state index in [4.69, 9.17) is 0 Å². The molecule has 4 heteroatoms. The van der Waals surface area contributed by atoms with Crippen molar-refractivity contribution in [2.45, 2.75) is 44.7 Å². The standard InChI is InChI=1S/C15H21NO2S/c1-6-13-14(15(3,4)5)16(13)19(17,18)12-9-7-11(2)8-10-12/h6-10,13-14H,1H2,2-5H3/t13-,14+,16?/m0/s1. The molecule has 1 aliphatic heterocycles. The van der Waals surface area contributed by atoms with Crippen molar-refractivity contribution in [1.82, 2.24) is 4.31 Å². The van der Waals surface area contributed by atoms with Gasteiger partial charge in [-0.2, -0.15) is 4.31 Å². The molecule has 1 saturated heterocycles. The van der Waals surface area contributed by atoms with Crippen molar-refractivity contribution in [3.8, 4) is 0 Å². The van der Waals surface area contributed by atoms with E-state index in [1.807, 2.05) is 19.1 Å². The van der Waals surface area contributed by atoms with Gasteiger partial charge in [-0.05, 0) is 24.5 Å². The zero-order valence-corrected chi connectivity index (χ0v) is 12.7. The fourth-order valence-corrected chi connectivity index (χ4v) is 4.43. The maximum atomic E-state index is 12.6. The third-order valence-corrected chi connectivity index (χ3v) is 5.42. The Morgan fingerprint density at radius 2 is 1.74 bits per heavy atom. The number of nitrogens with zero attached hydrogens (tertiary/aromatic N) is 1. The lowest BCUT2D eigenvalue weighted by Gasteiger charge is -2.18. The first-order valence-corrected chi connectivity index (χ1v) is 7.86. The molecule has 104 valence electrons. The van der Waals surface area contributed by atoms with E-state index in [0.717, 1.165) is 5.56 Å². The highest BCUT2D eigenvalue weighted by atomic mass is 32.2. The van der Waals surface area contributed by atoms with Crippen LogP contribution in [0, 0.1) is 12.3 Å². The lowest BCUT2D eigenvalue weighted by Crippen LogP contribution is -2.23. The van der Waals surface area contributed by atoms with Crippen LogP contribution in [-0.2, 0) is 10.0 Å². The maximum Gasteiger partial charge on any atom is 0.244 e. The summed E-state index contributed by atoms with van der Waals surface area (Å²) in [5.41, 5.74) is 0.966. The summed E-state index contributed by atoms with van der Waals surface area (Å²) in [7, 11) is -3.41. The Balaban J connectivity index is 2.36. The molecule has 2 rings (SSSR count). The Morgan fingerprint density at radius 1 is 1.21 bits per heavy atom. The van der Waals surface area contributed by atoms with E-state index in [-0.39, 0.29) is 17.5 Å². The quantitative estimate of drug-likeness (QED) is 0.630. The molecule has 0 N–H and O–H groups in total. The Kier molecular flexibility index (Phi) is 3.35. The Labute approximate surface area is 116 Å². The number of sulfonamides is 1. The van der Waals surface area contributed by atoms with Crippen LogP contribution in [0.5, 0.6) is 0 Å². The van der Waals surface area contributed by atoms with Crippen molar-refractivity contribution in [3.05, 3.63) is 42.5 Å². The van der Waals surface area contributed by atoms with Crippen molar-refractivity contribution in [1.29, 1.82) is 0 Å². The summed E-state index contributed by atoms with van der Waals surface area (Å²) in [6, 6.07) is 6.89. The van der Waals surface area contributed by atoms with Crippen LogP contribution in [-0.4, -0.2) is 24.8 Å². The molecule has 0 amide bonds. The second kappa shape index (κ2) is 4.46. The molecule has 1 aromatic carbocycles. The van der Waals surface area contributed by atoms with Gasteiger partial charge in [0.25, 0.3) is 0 Å². The number of rotatable bonds is 3. The summed E-state index contributed by atoms with van der Waals surface area (Å²) in [5, 5.41) is 0. The lowest BCUT2D eigenvalue weighted by molar-refractivity contribution is 0.369. The van der Waals surface area contributed by atoms with Crippen LogP contribution in [0.1, 0.15) is 26.3 Å². The van der Waals surface area contributed by atoms with Gasteiger partial charge in [-0.3, -0.25) is 0 Å². The molecule has 1 fully saturated rings. The highest BCUT2D eigenvalue weighted by molar-refractivity contribution is 7.89. The van der Waals surface area contributed by atoms with E-state index in [1.54, 1.807) is 22.5 Å². The van der Waals surface area contributed by atoms with Gasteiger partial charge in [-0.25, -0.2) is 8.42 Å². The molecule has 0 radical (unpaired) electrons. The van der Waals surface area contributed by atoms with Crippen LogP contribution < -0.4 is 0 Å². The van der Waals surface area contributed by atoms with Crippen LogP contribution >= 0.6 is 0 Å². The zero-order chi connectivity index (χ0) is 14.4. The average molecular weight is 279 g/mol. The van der Waals surface area contributed by atoms with Crippen LogP contribution in [0.15, 0.2) is 41.8 Å². The predicted octanol–water partition coefficient (Wildman–Crippen LogP) is 2.97. The molecule has 1 unspecified atom stereocenters. The maximum absolute atomic E-state index is 12.6. The summed E-state index contributed by atoms with van der Waals surface area (Å²) >= 11 is 0. The molecule has 19 heavy (non-hydrogen) atoms. The number of benzene rings is 1. The van der Waals surface area contributed by atoms with Crippen LogP contribution in [0.25, 0.3) is 0 Å². The van der Waals surface area contributed by atoms with Crippen LogP contribution in [0.2, 0.25) is 0 Å². The second-order valence-electron chi connectivity index (χ2n) is 6.19. The summed E-state index contributed by atoms with van der Waals surface area (Å²) in [6.07, 6.45) is 1.72. The minimum atomic E-state index is -3.41. The first kappa shape index (κ1) is 14.3. The van der Waals surface area contributed by atoms with E-state index >= 15 is 0 Å². The van der Waals surface area contributed by atoms with Gasteiger partial charge in [0.15, 0.2) is 0 Å². The zero-order valence-electron chi connectivity index (χ0n) is 11.9. The Hall–Kier alpha value is -1.13. The first-order valence-electron chi connectivity index (χ1n) is 6.42. The van der Waals surface area contributed by atoms with Crippen molar-refractivity contribution >= 4 is 10.0 Å². The van der Waals surface area contributed by atoms with Gasteiger partial charge in [-0.15, -0.1) is 6.58 Å². The van der Waals surface area contributed by atoms with Crippen molar-refractivity contribution in [2.24, 2.45) is 5.41 Å². The SMILES string of the molecule is C=C[C@H]1[C@H](C(C)(C)C)N1S(=O)(=O)c1ccc(C)cc1. The summed E-state index contributed by atoms with van der Waals surface area (Å²) in [4.78, 5) is 0.358. The molecule has 0 saturated carbocycles. The molecule has 1 heterocycles. The smallest absolute Gasteiger partial charge is 0.207 e. The van der Waals surface area contributed by atoms with Gasteiger partial charge >= 0.3 is 0 Å². The van der Waals surface area contributed by atoms with Gasteiger partial charge in [0.2, 0.25) is 10.0 Å². The topological polar surface area (TPSA) is 37.1 Å². The number of hydrogen-bond acceptors (Lipinski definition) is 2. The second-order valence-corrected chi connectivity index (χ2v) is 8.03. The molecule has 3 nitrogen and oxygen atoms in total. The van der Waals surface area contributed by atoms with E-state index in [2.05, 4.69) is 27.4 Å². The lowest BCUT2D eigenvalue weighted by atomic mass is 9.90. The fraction of sp³-hybridized carbons (Fsp3) is 0.467. The van der Waals surface area contributed by atoms with Crippen LogP contribution in [0.4, 0.5) is 0 Å². The van der Waals surface area contributed by atoms with Crippen LogP contribution in [0.3, 0.4) is 0 Å². The summed E-state index contributed by atoms with van der Waals surface area (Å²) in [6.45, 7) is 11.9. The van der Waals surface area contributed by atoms with Crippen molar-refractivity contribution in [2.75, 3.05) is 0 Å². The molecule has 0 bridgehead atoms. The third-order valence-electron chi connectivity index (χ3n) is 3.53. The molecular formula is C15H21NO2S. The van der Waals surface area contributed by atoms with Gasteiger partial charge < -0.3 is 0 Å². The minimum Gasteiger partial charge on any atom is -0.207 e. The average Bonchev–Trinajstić information content (AvgIpc) is 3.04. The van der Waals surface area contributed by atoms with Crippen molar-refractivity contribution in [3.63, 3.8) is 0 Å². The van der Waals surface area contributed by atoms with E-state index in [1.165, 1.54) is 0 Å². The molecule has 0 spiro atoms. The Morgan fingerprint density at radius 3 is 2.11 bits per heavy atom. The summed E-state index contributed by atoms with van der Waals surface area (Å²) in [5.74, 6) is 0. The monoisotopic (exact) mass is 279 g/mol. The fourth-order valence-electron chi connectivity index (χ4n) is 2.50. The van der Waals surface area contributed by atoms with Gasteiger partial charge in [0.05, 0.1) is 17.0 Å². The number of aryl methyl sites for hydroxylation is 1. The normalized spacial score (nSPS) is 27.1. The first-order chi connectivity index (χ1) is 8.69. The van der Waals surface area contributed by atoms with Gasteiger partial charge in [-0.1, -0.05) is 44.5 Å². The van der Waals surface area contributed by atoms with E-state index in [9.17, 15) is 8.42 Å². The molecule has 1 aromatic rings. The Bertz CT molecular complexity index is 582. The molecule has 3 atom stereocenters. The summed E-state index contributed by atoms with van der Waals surface area (Å²) < 4.78 is 26.8. The largest absolute Gasteiger partial charge is 0.244 e. The highest BCUT2D eigenvalue weighted by Crippen LogP contribution is 2.46. The van der Waals surface area contributed by atoms with Crippen molar-refractivity contribution < 1.29 is 8.42 Å². The van der Waals surface area contributed by atoms with Gasteiger partial charge in [0.1, 0.15) is 0 Å². The molecular weight excluding hydrogens is 258 g/mol. The minimum absolute atomic E-state index is 0.00342. The molecule has 1 aliphatic rings. The highest BCUT2D eigenvalue weighted by Gasteiger charge is 2.58. The third kappa shape index (κ3) is 2.47. The van der Waals surface area contributed by atoms with Gasteiger partial charge in [0, 0.05) is 0 Å².